The zero-order valence-corrected chi connectivity index (χ0v) is 8.57. The number of alkyl halides is 3. The minimum absolute atomic E-state index is 0.518. The molecule has 0 unspecified atom stereocenters. The Morgan fingerprint density at radius 3 is 2.14 bits per heavy atom. The van der Waals surface area contributed by atoms with E-state index in [1.54, 1.807) is 13.8 Å². The van der Waals surface area contributed by atoms with Gasteiger partial charge in [0.05, 0.1) is 5.41 Å². The third kappa shape index (κ3) is 5.09. The number of ether oxygens (including phenoxy) is 1. The van der Waals surface area contributed by atoms with Gasteiger partial charge in [-0.25, -0.2) is 0 Å². The molecule has 0 rings (SSSR count). The molecule has 14 heavy (non-hydrogen) atoms. The van der Waals surface area contributed by atoms with Gasteiger partial charge in [-0.05, 0) is 20.3 Å². The molecule has 0 spiro atoms. The lowest BCUT2D eigenvalue weighted by molar-refractivity contribution is -0.192. The Labute approximate surface area is 81.4 Å². The van der Waals surface area contributed by atoms with Gasteiger partial charge in [-0.2, -0.15) is 13.2 Å². The van der Waals surface area contributed by atoms with Crippen LogP contribution < -0.4 is 0 Å². The topological polar surface area (TPSA) is 26.3 Å². The summed E-state index contributed by atoms with van der Waals surface area (Å²) < 4.78 is 39.3. The molecule has 0 saturated carbocycles. The Morgan fingerprint density at radius 2 is 1.79 bits per heavy atom. The zero-order valence-electron chi connectivity index (χ0n) is 8.57. The maximum absolute atomic E-state index is 11.7. The highest BCUT2D eigenvalue weighted by molar-refractivity contribution is 5.75. The first-order valence-corrected chi connectivity index (χ1v) is 4.43. The summed E-state index contributed by atoms with van der Waals surface area (Å²) in [6.07, 6.45) is -3.20. The summed E-state index contributed by atoms with van der Waals surface area (Å²) in [4.78, 5) is 11.2. The van der Waals surface area contributed by atoms with E-state index in [0.717, 1.165) is 6.42 Å². The van der Waals surface area contributed by atoms with Gasteiger partial charge in [-0.1, -0.05) is 13.3 Å². The van der Waals surface area contributed by atoms with Crippen LogP contribution in [0.1, 0.15) is 33.6 Å². The van der Waals surface area contributed by atoms with Crippen LogP contribution in [0, 0.1) is 5.41 Å². The van der Waals surface area contributed by atoms with Crippen molar-refractivity contribution in [3.05, 3.63) is 0 Å². The summed E-state index contributed by atoms with van der Waals surface area (Å²) in [6.45, 7) is 3.52. The average Bonchev–Trinajstić information content (AvgIpc) is 1.98. The molecule has 0 fully saturated rings. The van der Waals surface area contributed by atoms with Crippen molar-refractivity contribution in [3.63, 3.8) is 0 Å². The van der Waals surface area contributed by atoms with E-state index < -0.39 is 24.2 Å². The fourth-order valence-electron chi connectivity index (χ4n) is 1.07. The molecule has 84 valence electrons. The fraction of sp³-hybridized carbons (Fsp3) is 0.889. The lowest BCUT2D eigenvalue weighted by Gasteiger charge is -2.21. The Morgan fingerprint density at radius 1 is 1.29 bits per heavy atom. The van der Waals surface area contributed by atoms with Gasteiger partial charge in [0.1, 0.15) is 0 Å². The molecule has 0 aromatic heterocycles. The van der Waals surface area contributed by atoms with Crippen molar-refractivity contribution in [1.82, 2.24) is 0 Å². The van der Waals surface area contributed by atoms with E-state index in [0.29, 0.717) is 6.42 Å². The van der Waals surface area contributed by atoms with Crippen molar-refractivity contribution in [3.8, 4) is 0 Å². The minimum atomic E-state index is -4.45. The molecule has 0 atom stereocenters. The molecule has 0 radical (unpaired) electrons. The summed E-state index contributed by atoms with van der Waals surface area (Å²) in [7, 11) is 0. The first-order valence-electron chi connectivity index (χ1n) is 4.43. The molecule has 0 aromatic carbocycles. The summed E-state index contributed by atoms with van der Waals surface area (Å²) in [5.41, 5.74) is -0.833. The quantitative estimate of drug-likeness (QED) is 0.670. The maximum Gasteiger partial charge on any atom is 0.422 e. The molecular formula is C9H15F3O2. The smallest absolute Gasteiger partial charge is 0.422 e. The van der Waals surface area contributed by atoms with Crippen LogP contribution in [0.4, 0.5) is 13.2 Å². The van der Waals surface area contributed by atoms with Gasteiger partial charge < -0.3 is 4.74 Å². The summed E-state index contributed by atoms with van der Waals surface area (Å²) in [5, 5.41) is 0. The van der Waals surface area contributed by atoms with E-state index in [9.17, 15) is 18.0 Å². The Hall–Kier alpha value is -0.740. The van der Waals surface area contributed by atoms with Gasteiger partial charge in [0.25, 0.3) is 0 Å². The van der Waals surface area contributed by atoms with Gasteiger partial charge in [0.15, 0.2) is 6.61 Å². The third-order valence-electron chi connectivity index (χ3n) is 1.79. The van der Waals surface area contributed by atoms with Crippen LogP contribution in [0.25, 0.3) is 0 Å². The highest BCUT2D eigenvalue weighted by atomic mass is 19.4. The normalized spacial score (nSPS) is 12.7. The van der Waals surface area contributed by atoms with Crippen LogP contribution in [0.2, 0.25) is 0 Å². The van der Waals surface area contributed by atoms with Crippen LogP contribution in [0.15, 0.2) is 0 Å². The van der Waals surface area contributed by atoms with E-state index >= 15 is 0 Å². The lowest BCUT2D eigenvalue weighted by atomic mass is 9.88. The summed E-state index contributed by atoms with van der Waals surface area (Å²) in [6, 6.07) is 0. The Kier molecular flexibility index (Phi) is 4.42. The second-order valence-electron chi connectivity index (χ2n) is 3.83. The monoisotopic (exact) mass is 212 g/mol. The average molecular weight is 212 g/mol. The van der Waals surface area contributed by atoms with Crippen molar-refractivity contribution in [2.75, 3.05) is 6.61 Å². The molecule has 5 heteroatoms. The number of esters is 1. The lowest BCUT2D eigenvalue weighted by Crippen LogP contribution is -2.30. The molecule has 0 aliphatic rings. The van der Waals surface area contributed by atoms with Crippen molar-refractivity contribution in [1.29, 1.82) is 0 Å². The molecular weight excluding hydrogens is 197 g/mol. The molecule has 0 saturated heterocycles. The molecule has 0 aliphatic heterocycles. The van der Waals surface area contributed by atoms with Gasteiger partial charge in [-0.3, -0.25) is 4.79 Å². The summed E-state index contributed by atoms with van der Waals surface area (Å²) in [5.74, 6) is -0.795. The van der Waals surface area contributed by atoms with E-state index in [4.69, 9.17) is 0 Å². The number of rotatable bonds is 4. The molecule has 0 N–H and O–H groups in total. The molecule has 0 bridgehead atoms. The van der Waals surface area contributed by atoms with E-state index in [1.807, 2.05) is 6.92 Å². The zero-order chi connectivity index (χ0) is 11.4. The third-order valence-corrected chi connectivity index (χ3v) is 1.79. The van der Waals surface area contributed by atoms with Gasteiger partial charge in [0, 0.05) is 0 Å². The van der Waals surface area contributed by atoms with Crippen LogP contribution in [-0.4, -0.2) is 18.8 Å². The molecule has 0 aliphatic carbocycles. The van der Waals surface area contributed by atoms with E-state index in [-0.39, 0.29) is 0 Å². The van der Waals surface area contributed by atoms with E-state index in [2.05, 4.69) is 4.74 Å². The van der Waals surface area contributed by atoms with Crippen LogP contribution in [-0.2, 0) is 9.53 Å². The Bertz CT molecular complexity index is 197. The number of hydrogen-bond acceptors (Lipinski definition) is 2. The number of carbonyl (C=O) groups excluding carboxylic acids is 1. The number of hydrogen-bond donors (Lipinski definition) is 0. The van der Waals surface area contributed by atoms with Gasteiger partial charge in [-0.15, -0.1) is 0 Å². The standard InChI is InChI=1S/C9H15F3O2/c1-4-5-8(2,3)7(13)14-6-9(10,11)12/h4-6H2,1-3H3. The van der Waals surface area contributed by atoms with Crippen molar-refractivity contribution >= 4 is 5.97 Å². The minimum Gasteiger partial charge on any atom is -0.456 e. The predicted molar refractivity (Wildman–Crippen MR) is 45.7 cm³/mol. The second kappa shape index (κ2) is 4.66. The van der Waals surface area contributed by atoms with Crippen molar-refractivity contribution in [2.45, 2.75) is 39.8 Å². The molecule has 2 nitrogen and oxygen atoms in total. The molecule has 0 aromatic rings. The van der Waals surface area contributed by atoms with Crippen LogP contribution >= 0.6 is 0 Å². The van der Waals surface area contributed by atoms with Crippen LogP contribution in [0.5, 0.6) is 0 Å². The number of carbonyl (C=O) groups is 1. The largest absolute Gasteiger partial charge is 0.456 e. The van der Waals surface area contributed by atoms with Crippen LogP contribution in [0.3, 0.4) is 0 Å². The van der Waals surface area contributed by atoms with E-state index in [1.165, 1.54) is 0 Å². The predicted octanol–water partition coefficient (Wildman–Crippen LogP) is 2.92. The first-order chi connectivity index (χ1) is 6.19. The highest BCUT2D eigenvalue weighted by Crippen LogP contribution is 2.25. The maximum atomic E-state index is 11.7. The number of halogens is 3. The molecule has 0 heterocycles. The van der Waals surface area contributed by atoms with Gasteiger partial charge in [0.2, 0.25) is 0 Å². The highest BCUT2D eigenvalue weighted by Gasteiger charge is 2.34. The summed E-state index contributed by atoms with van der Waals surface area (Å²) >= 11 is 0. The first kappa shape index (κ1) is 13.3. The second-order valence-corrected chi connectivity index (χ2v) is 3.83. The Balaban J connectivity index is 4.08. The fourth-order valence-corrected chi connectivity index (χ4v) is 1.07. The molecule has 0 amide bonds. The SMILES string of the molecule is CCCC(C)(C)C(=O)OCC(F)(F)F. The van der Waals surface area contributed by atoms with Crippen molar-refractivity contribution < 1.29 is 22.7 Å². The van der Waals surface area contributed by atoms with Crippen molar-refractivity contribution in [2.24, 2.45) is 5.41 Å². The van der Waals surface area contributed by atoms with Gasteiger partial charge >= 0.3 is 12.1 Å².